The van der Waals surface area contributed by atoms with Crippen LogP contribution in [0.2, 0.25) is 0 Å². The number of carbonyl (C=O) groups is 1. The van der Waals surface area contributed by atoms with Crippen LogP contribution in [0.1, 0.15) is 37.3 Å². The molecule has 3 rings (SSSR count). The standard InChI is InChI=1S/C22H29N3O.2ClH/c1-3-22(25-14-7-8-15-25,19-11-9-10-18(16-19)17-23)21(26)24(2)20-12-5-4-6-13-20;;/h4-6,9-13,16H,3,7-8,14-15,17,23H2,1-2H3;2*1H. The van der Waals surface area contributed by atoms with Crippen LogP contribution in [0.5, 0.6) is 0 Å². The molecule has 0 aliphatic carbocycles. The van der Waals surface area contributed by atoms with E-state index < -0.39 is 5.54 Å². The second-order valence-corrected chi connectivity index (χ2v) is 7.01. The third-order valence-electron chi connectivity index (χ3n) is 5.60. The van der Waals surface area contributed by atoms with Crippen LogP contribution in [0, 0.1) is 0 Å². The van der Waals surface area contributed by atoms with Crippen molar-refractivity contribution in [2.45, 2.75) is 38.3 Å². The Labute approximate surface area is 180 Å². The first kappa shape index (κ1) is 24.4. The Bertz CT molecular complexity index is 750. The summed E-state index contributed by atoms with van der Waals surface area (Å²) in [7, 11) is 1.88. The molecule has 1 fully saturated rings. The molecule has 2 N–H and O–H groups in total. The van der Waals surface area contributed by atoms with Crippen molar-refractivity contribution in [3.8, 4) is 0 Å². The fraction of sp³-hybridized carbons (Fsp3) is 0.409. The number of anilines is 1. The van der Waals surface area contributed by atoms with Crippen LogP contribution in [-0.4, -0.2) is 30.9 Å². The minimum Gasteiger partial charge on any atom is -0.326 e. The van der Waals surface area contributed by atoms with E-state index in [0.717, 1.165) is 49.2 Å². The van der Waals surface area contributed by atoms with Gasteiger partial charge in [-0.25, -0.2) is 0 Å². The quantitative estimate of drug-likeness (QED) is 0.750. The van der Waals surface area contributed by atoms with Crippen LogP contribution < -0.4 is 10.6 Å². The summed E-state index contributed by atoms with van der Waals surface area (Å²) < 4.78 is 0. The number of benzene rings is 2. The molecule has 0 radical (unpaired) electrons. The molecular weight excluding hydrogens is 393 g/mol. The summed E-state index contributed by atoms with van der Waals surface area (Å²) in [6, 6.07) is 18.1. The smallest absolute Gasteiger partial charge is 0.251 e. The van der Waals surface area contributed by atoms with Gasteiger partial charge in [-0.15, -0.1) is 24.8 Å². The summed E-state index contributed by atoms with van der Waals surface area (Å²) >= 11 is 0. The molecular formula is C22H31Cl2N3O. The van der Waals surface area contributed by atoms with Gasteiger partial charge in [0.25, 0.3) is 5.91 Å². The number of para-hydroxylation sites is 1. The summed E-state index contributed by atoms with van der Waals surface area (Å²) in [5.74, 6) is 0.127. The maximum absolute atomic E-state index is 13.8. The van der Waals surface area contributed by atoms with Crippen molar-refractivity contribution >= 4 is 36.4 Å². The lowest BCUT2D eigenvalue weighted by atomic mass is 9.83. The van der Waals surface area contributed by atoms with Gasteiger partial charge in [-0.2, -0.15) is 0 Å². The predicted octanol–water partition coefficient (Wildman–Crippen LogP) is 4.35. The van der Waals surface area contributed by atoms with E-state index in [1.165, 1.54) is 0 Å². The number of rotatable bonds is 6. The van der Waals surface area contributed by atoms with E-state index in [2.05, 4.69) is 24.0 Å². The zero-order chi connectivity index (χ0) is 18.6. The van der Waals surface area contributed by atoms with E-state index in [-0.39, 0.29) is 30.7 Å². The predicted molar refractivity (Wildman–Crippen MR) is 121 cm³/mol. The number of hydrogen-bond acceptors (Lipinski definition) is 3. The molecule has 0 spiro atoms. The van der Waals surface area contributed by atoms with E-state index >= 15 is 0 Å². The summed E-state index contributed by atoms with van der Waals surface area (Å²) in [5.41, 5.74) is 8.27. The topological polar surface area (TPSA) is 49.6 Å². The van der Waals surface area contributed by atoms with Crippen molar-refractivity contribution in [3.63, 3.8) is 0 Å². The van der Waals surface area contributed by atoms with Gasteiger partial charge in [0.05, 0.1) is 0 Å². The fourth-order valence-electron chi connectivity index (χ4n) is 4.12. The zero-order valence-electron chi connectivity index (χ0n) is 16.6. The van der Waals surface area contributed by atoms with Crippen LogP contribution >= 0.6 is 24.8 Å². The molecule has 2 aromatic carbocycles. The maximum atomic E-state index is 13.8. The van der Waals surface area contributed by atoms with Gasteiger partial charge >= 0.3 is 0 Å². The number of halogens is 2. The van der Waals surface area contributed by atoms with E-state index in [0.29, 0.717) is 6.54 Å². The van der Waals surface area contributed by atoms with Gasteiger partial charge in [-0.3, -0.25) is 9.69 Å². The highest BCUT2D eigenvalue weighted by Gasteiger charge is 2.46. The molecule has 1 aliphatic heterocycles. The largest absolute Gasteiger partial charge is 0.326 e. The molecule has 0 aromatic heterocycles. The highest BCUT2D eigenvalue weighted by molar-refractivity contribution is 6.00. The number of nitrogens with zero attached hydrogens (tertiary/aromatic N) is 2. The Balaban J connectivity index is 0.00000196. The Kier molecular flexibility index (Phi) is 9.45. The van der Waals surface area contributed by atoms with Crippen molar-refractivity contribution in [2.24, 2.45) is 5.73 Å². The lowest BCUT2D eigenvalue weighted by Crippen LogP contribution is -2.55. The average molecular weight is 424 g/mol. The van der Waals surface area contributed by atoms with Gasteiger partial charge in [0.2, 0.25) is 0 Å². The first-order valence-corrected chi connectivity index (χ1v) is 9.51. The second-order valence-electron chi connectivity index (χ2n) is 7.01. The van der Waals surface area contributed by atoms with Gasteiger partial charge in [0, 0.05) is 19.3 Å². The van der Waals surface area contributed by atoms with E-state index in [1.54, 1.807) is 4.90 Å². The normalized spacial score (nSPS) is 15.8. The number of carbonyl (C=O) groups excluding carboxylic acids is 1. The first-order chi connectivity index (χ1) is 12.6. The summed E-state index contributed by atoms with van der Waals surface area (Å²) in [4.78, 5) is 18.0. The third-order valence-corrected chi connectivity index (χ3v) is 5.60. The highest BCUT2D eigenvalue weighted by atomic mass is 35.5. The van der Waals surface area contributed by atoms with E-state index in [4.69, 9.17) is 5.73 Å². The molecule has 1 atom stereocenters. The van der Waals surface area contributed by atoms with Crippen molar-refractivity contribution in [1.82, 2.24) is 4.90 Å². The minimum absolute atomic E-state index is 0. The SMILES string of the molecule is CCC(C(=O)N(C)c1ccccc1)(c1cccc(CN)c1)N1CCCC1.Cl.Cl. The molecule has 154 valence electrons. The van der Waals surface area contributed by atoms with Gasteiger partial charge in [0.15, 0.2) is 0 Å². The van der Waals surface area contributed by atoms with E-state index in [9.17, 15) is 4.79 Å². The maximum Gasteiger partial charge on any atom is 0.251 e. The average Bonchev–Trinajstić information content (AvgIpc) is 3.24. The second kappa shape index (κ2) is 10.8. The Hall–Kier alpha value is -1.59. The minimum atomic E-state index is -0.647. The molecule has 28 heavy (non-hydrogen) atoms. The first-order valence-electron chi connectivity index (χ1n) is 9.51. The van der Waals surface area contributed by atoms with Crippen LogP contribution in [-0.2, 0) is 16.9 Å². The molecule has 1 saturated heterocycles. The molecule has 2 aromatic rings. The van der Waals surface area contributed by atoms with Crippen molar-refractivity contribution in [2.75, 3.05) is 25.0 Å². The van der Waals surface area contributed by atoms with Gasteiger partial charge in [-0.05, 0) is 55.6 Å². The van der Waals surface area contributed by atoms with Crippen molar-refractivity contribution < 1.29 is 4.79 Å². The number of nitrogens with two attached hydrogens (primary N) is 1. The van der Waals surface area contributed by atoms with Crippen molar-refractivity contribution in [3.05, 3.63) is 65.7 Å². The summed E-state index contributed by atoms with van der Waals surface area (Å²) in [5, 5.41) is 0. The fourth-order valence-corrected chi connectivity index (χ4v) is 4.12. The molecule has 1 unspecified atom stereocenters. The number of amides is 1. The Morgan fingerprint density at radius 1 is 1.07 bits per heavy atom. The molecule has 0 saturated carbocycles. The molecule has 0 bridgehead atoms. The van der Waals surface area contributed by atoms with Crippen LogP contribution in [0.25, 0.3) is 0 Å². The molecule has 1 amide bonds. The van der Waals surface area contributed by atoms with Gasteiger partial charge in [-0.1, -0.05) is 49.4 Å². The Morgan fingerprint density at radius 3 is 2.29 bits per heavy atom. The van der Waals surface area contributed by atoms with Gasteiger partial charge < -0.3 is 10.6 Å². The molecule has 1 heterocycles. The Morgan fingerprint density at radius 2 is 1.71 bits per heavy atom. The molecule has 1 aliphatic rings. The highest BCUT2D eigenvalue weighted by Crippen LogP contribution is 2.38. The number of likely N-dealkylation sites (N-methyl/N-ethyl adjacent to an activating group) is 1. The third kappa shape index (κ3) is 4.52. The van der Waals surface area contributed by atoms with Crippen LogP contribution in [0.15, 0.2) is 54.6 Å². The monoisotopic (exact) mass is 423 g/mol. The number of hydrogen-bond donors (Lipinski definition) is 1. The van der Waals surface area contributed by atoms with Crippen LogP contribution in [0.4, 0.5) is 5.69 Å². The zero-order valence-corrected chi connectivity index (χ0v) is 18.3. The van der Waals surface area contributed by atoms with E-state index in [1.807, 2.05) is 49.5 Å². The molecule has 6 heteroatoms. The van der Waals surface area contributed by atoms with Gasteiger partial charge in [0.1, 0.15) is 5.54 Å². The number of likely N-dealkylation sites (tertiary alicyclic amines) is 1. The lowest BCUT2D eigenvalue weighted by Gasteiger charge is -2.43. The summed E-state index contributed by atoms with van der Waals surface area (Å²) in [6.07, 6.45) is 3.01. The lowest BCUT2D eigenvalue weighted by molar-refractivity contribution is -0.131. The molecule has 4 nitrogen and oxygen atoms in total. The van der Waals surface area contributed by atoms with Crippen molar-refractivity contribution in [1.29, 1.82) is 0 Å². The van der Waals surface area contributed by atoms with Crippen LogP contribution in [0.3, 0.4) is 0 Å². The summed E-state index contributed by atoms with van der Waals surface area (Å²) in [6.45, 7) is 4.50.